The predicted molar refractivity (Wildman–Crippen MR) is 123 cm³/mol. The third kappa shape index (κ3) is 5.42. The maximum absolute atomic E-state index is 14.5. The molecule has 1 atom stereocenters. The number of benzene rings is 2. The Morgan fingerprint density at radius 2 is 1.91 bits per heavy atom. The van der Waals surface area contributed by atoms with E-state index in [0.29, 0.717) is 35.7 Å². The highest BCUT2D eigenvalue weighted by Crippen LogP contribution is 2.37. The maximum Gasteiger partial charge on any atom is 0.317 e. The van der Waals surface area contributed by atoms with E-state index in [4.69, 9.17) is 9.47 Å². The Morgan fingerprint density at radius 1 is 1.18 bits per heavy atom. The van der Waals surface area contributed by atoms with Gasteiger partial charge in [-0.3, -0.25) is 4.79 Å². The third-order valence-corrected chi connectivity index (χ3v) is 5.39. The van der Waals surface area contributed by atoms with Crippen LogP contribution in [-0.2, 0) is 4.79 Å². The molecule has 0 saturated carbocycles. The number of hydrazone groups is 1. The zero-order valence-electron chi connectivity index (χ0n) is 19.3. The molecular weight excluding hydrogens is 427 g/mol. The number of nitrogens with one attached hydrogen (secondary N) is 1. The molecule has 8 nitrogen and oxygen atoms in total. The Kier molecular flexibility index (Phi) is 7.87. The third-order valence-electron chi connectivity index (χ3n) is 5.39. The van der Waals surface area contributed by atoms with E-state index >= 15 is 0 Å². The lowest BCUT2D eigenvalue weighted by atomic mass is 9.97. The summed E-state index contributed by atoms with van der Waals surface area (Å²) in [4.78, 5) is 26.7. The van der Waals surface area contributed by atoms with Gasteiger partial charge in [0.25, 0.3) is 5.91 Å². The van der Waals surface area contributed by atoms with E-state index in [-0.39, 0.29) is 18.5 Å². The molecule has 3 amide bonds. The van der Waals surface area contributed by atoms with E-state index in [2.05, 4.69) is 10.4 Å². The topological polar surface area (TPSA) is 83.5 Å². The number of methoxy groups -OCH3 is 2. The summed E-state index contributed by atoms with van der Waals surface area (Å²) in [6.07, 6.45) is 1.10. The largest absolute Gasteiger partial charge is 0.493 e. The van der Waals surface area contributed by atoms with Crippen molar-refractivity contribution >= 4 is 17.6 Å². The highest BCUT2D eigenvalue weighted by Gasteiger charge is 2.35. The maximum atomic E-state index is 14.5. The molecular formula is C24H29FN4O4. The van der Waals surface area contributed by atoms with Crippen molar-refractivity contribution in [1.82, 2.24) is 15.2 Å². The van der Waals surface area contributed by atoms with Gasteiger partial charge in [0.05, 0.1) is 26.0 Å². The van der Waals surface area contributed by atoms with Gasteiger partial charge in [0.2, 0.25) is 0 Å². The fraction of sp³-hybridized carbons (Fsp3) is 0.375. The van der Waals surface area contributed by atoms with Crippen molar-refractivity contribution in [2.24, 2.45) is 5.10 Å². The van der Waals surface area contributed by atoms with Crippen LogP contribution in [0.15, 0.2) is 47.6 Å². The van der Waals surface area contributed by atoms with Crippen molar-refractivity contribution < 1.29 is 23.5 Å². The van der Waals surface area contributed by atoms with Crippen LogP contribution in [0.25, 0.3) is 0 Å². The Labute approximate surface area is 193 Å². The molecule has 0 aromatic heterocycles. The average Bonchev–Trinajstić information content (AvgIpc) is 3.27. The van der Waals surface area contributed by atoms with E-state index in [1.807, 2.05) is 13.0 Å². The number of likely N-dealkylation sites (N-methyl/N-ethyl adjacent to an activating group) is 1. The summed E-state index contributed by atoms with van der Waals surface area (Å²) in [7, 11) is 4.62. The SMILES string of the molecule is CCCNC(=O)N(C)CC(=O)N1N=C(c2ccccc2F)CC1c1ccc(OC)c(OC)c1. The second-order valence-corrected chi connectivity index (χ2v) is 7.69. The summed E-state index contributed by atoms with van der Waals surface area (Å²) in [5.41, 5.74) is 1.56. The number of nitrogens with zero attached hydrogens (tertiary/aromatic N) is 3. The first-order chi connectivity index (χ1) is 15.9. The molecule has 2 aromatic carbocycles. The first-order valence-corrected chi connectivity index (χ1v) is 10.7. The lowest BCUT2D eigenvalue weighted by Crippen LogP contribution is -2.43. The monoisotopic (exact) mass is 456 g/mol. The summed E-state index contributed by atoms with van der Waals surface area (Å²) in [6, 6.07) is 10.9. The van der Waals surface area contributed by atoms with Gasteiger partial charge in [0, 0.05) is 25.6 Å². The Bertz CT molecular complexity index is 1040. The number of carbonyl (C=O) groups excluding carboxylic acids is 2. The Hall–Kier alpha value is -3.62. The van der Waals surface area contributed by atoms with E-state index in [9.17, 15) is 14.0 Å². The molecule has 176 valence electrons. The normalized spacial score (nSPS) is 15.1. The Morgan fingerprint density at radius 3 is 2.58 bits per heavy atom. The summed E-state index contributed by atoms with van der Waals surface area (Å²) in [6.45, 7) is 2.29. The molecule has 1 N–H and O–H groups in total. The molecule has 0 saturated heterocycles. The minimum atomic E-state index is -0.487. The van der Waals surface area contributed by atoms with Crippen LogP contribution < -0.4 is 14.8 Å². The summed E-state index contributed by atoms with van der Waals surface area (Å²) < 4.78 is 25.2. The van der Waals surface area contributed by atoms with Crippen LogP contribution in [0.2, 0.25) is 0 Å². The van der Waals surface area contributed by atoms with Gasteiger partial charge in [0.15, 0.2) is 11.5 Å². The molecule has 0 spiro atoms. The molecule has 3 rings (SSSR count). The van der Waals surface area contributed by atoms with Crippen LogP contribution in [0.3, 0.4) is 0 Å². The van der Waals surface area contributed by atoms with E-state index < -0.39 is 11.9 Å². The number of hydrogen-bond acceptors (Lipinski definition) is 5. The van der Waals surface area contributed by atoms with Gasteiger partial charge in [0.1, 0.15) is 12.4 Å². The zero-order valence-corrected chi connectivity index (χ0v) is 19.3. The highest BCUT2D eigenvalue weighted by atomic mass is 19.1. The van der Waals surface area contributed by atoms with Crippen LogP contribution in [-0.4, -0.2) is 61.9 Å². The summed E-state index contributed by atoms with van der Waals surface area (Å²) >= 11 is 0. The number of carbonyl (C=O) groups is 2. The molecule has 9 heteroatoms. The number of halogens is 1. The first kappa shape index (κ1) is 24.0. The van der Waals surface area contributed by atoms with Gasteiger partial charge in [-0.05, 0) is 30.2 Å². The molecule has 1 aliphatic rings. The average molecular weight is 457 g/mol. The molecule has 1 unspecified atom stereocenters. The van der Waals surface area contributed by atoms with Gasteiger partial charge < -0.3 is 19.7 Å². The second kappa shape index (κ2) is 10.8. The van der Waals surface area contributed by atoms with Crippen molar-refractivity contribution in [2.75, 3.05) is 34.4 Å². The lowest BCUT2D eigenvalue weighted by molar-refractivity contribution is -0.133. The first-order valence-electron chi connectivity index (χ1n) is 10.7. The van der Waals surface area contributed by atoms with Crippen LogP contribution in [0.5, 0.6) is 11.5 Å². The van der Waals surface area contributed by atoms with Crippen molar-refractivity contribution in [1.29, 1.82) is 0 Å². The molecule has 0 fully saturated rings. The molecule has 0 radical (unpaired) electrons. The molecule has 0 bridgehead atoms. The van der Waals surface area contributed by atoms with Gasteiger partial charge in [-0.1, -0.05) is 31.2 Å². The lowest BCUT2D eigenvalue weighted by Gasteiger charge is -2.25. The smallest absolute Gasteiger partial charge is 0.317 e. The standard InChI is InChI=1S/C24H29FN4O4/c1-5-12-26-24(31)28(2)15-23(30)29-20(16-10-11-21(32-3)22(13-16)33-4)14-19(27-29)17-8-6-7-9-18(17)25/h6-11,13,20H,5,12,14-15H2,1-4H3,(H,26,31). The number of urea groups is 1. The van der Waals surface area contributed by atoms with Crippen molar-refractivity contribution in [3.8, 4) is 11.5 Å². The predicted octanol–water partition coefficient (Wildman–Crippen LogP) is 3.57. The van der Waals surface area contributed by atoms with Crippen LogP contribution in [0.1, 0.15) is 36.9 Å². The minimum absolute atomic E-state index is 0.173. The fourth-order valence-electron chi connectivity index (χ4n) is 3.63. The van der Waals surface area contributed by atoms with E-state index in [0.717, 1.165) is 12.0 Å². The van der Waals surface area contributed by atoms with E-state index in [1.165, 1.54) is 23.1 Å². The molecule has 1 aliphatic heterocycles. The second-order valence-electron chi connectivity index (χ2n) is 7.69. The van der Waals surface area contributed by atoms with Gasteiger partial charge >= 0.3 is 6.03 Å². The molecule has 1 heterocycles. The number of ether oxygens (including phenoxy) is 2. The molecule has 2 aromatic rings. The van der Waals surface area contributed by atoms with Crippen LogP contribution >= 0.6 is 0 Å². The number of hydrogen-bond donors (Lipinski definition) is 1. The van der Waals surface area contributed by atoms with Gasteiger partial charge in [-0.15, -0.1) is 0 Å². The zero-order chi connectivity index (χ0) is 24.0. The summed E-state index contributed by atoms with van der Waals surface area (Å²) in [5.74, 6) is 0.278. The van der Waals surface area contributed by atoms with Gasteiger partial charge in [-0.2, -0.15) is 5.10 Å². The van der Waals surface area contributed by atoms with E-state index in [1.54, 1.807) is 44.5 Å². The Balaban J connectivity index is 1.92. The van der Waals surface area contributed by atoms with Gasteiger partial charge in [-0.25, -0.2) is 14.2 Å². The summed E-state index contributed by atoms with van der Waals surface area (Å²) in [5, 5.41) is 8.55. The van der Waals surface area contributed by atoms with Crippen LogP contribution in [0.4, 0.5) is 9.18 Å². The van der Waals surface area contributed by atoms with Crippen molar-refractivity contribution in [3.05, 3.63) is 59.4 Å². The molecule has 33 heavy (non-hydrogen) atoms. The quantitative estimate of drug-likeness (QED) is 0.658. The minimum Gasteiger partial charge on any atom is -0.493 e. The number of rotatable bonds is 8. The number of amides is 3. The molecule has 0 aliphatic carbocycles. The van der Waals surface area contributed by atoms with Crippen molar-refractivity contribution in [2.45, 2.75) is 25.8 Å². The fourth-order valence-corrected chi connectivity index (χ4v) is 3.63. The highest BCUT2D eigenvalue weighted by molar-refractivity contribution is 6.03. The van der Waals surface area contributed by atoms with Crippen molar-refractivity contribution in [3.63, 3.8) is 0 Å². The van der Waals surface area contributed by atoms with Crippen LogP contribution in [0, 0.1) is 5.82 Å².